The first kappa shape index (κ1) is 20.6. The lowest BCUT2D eigenvalue weighted by Gasteiger charge is -2.07. The second-order valence-electron chi connectivity index (χ2n) is 7.96. The summed E-state index contributed by atoms with van der Waals surface area (Å²) in [6.45, 7) is 6.82. The normalized spacial score (nSPS) is 14.6. The Morgan fingerprint density at radius 1 is 1.00 bits per heavy atom. The molecule has 4 nitrogen and oxygen atoms in total. The van der Waals surface area contributed by atoms with Gasteiger partial charge >= 0.3 is 5.97 Å². The van der Waals surface area contributed by atoms with Crippen LogP contribution in [0.2, 0.25) is 0 Å². The van der Waals surface area contributed by atoms with E-state index in [0.717, 1.165) is 22.4 Å². The Balaban J connectivity index is 1.49. The summed E-state index contributed by atoms with van der Waals surface area (Å²) in [5.74, 6) is 1.06. The second-order valence-corrected chi connectivity index (χ2v) is 7.96. The number of cyclic esters (lactones) is 1. The molecule has 1 aliphatic heterocycles. The quantitative estimate of drug-likeness (QED) is 0.367. The molecule has 0 radical (unpaired) electrons. The van der Waals surface area contributed by atoms with Crippen molar-refractivity contribution in [3.8, 4) is 5.75 Å². The number of carbonyl (C=O) groups is 1. The minimum absolute atomic E-state index is 0.277. The van der Waals surface area contributed by atoms with E-state index in [-0.39, 0.29) is 5.70 Å². The fraction of sp³-hybridized carbons (Fsp3) is 0.185. The Morgan fingerprint density at radius 3 is 2.45 bits per heavy atom. The van der Waals surface area contributed by atoms with E-state index in [4.69, 9.17) is 9.47 Å². The van der Waals surface area contributed by atoms with Gasteiger partial charge in [-0.05, 0) is 59.9 Å². The molecule has 0 N–H and O–H groups in total. The summed E-state index contributed by atoms with van der Waals surface area (Å²) < 4.78 is 11.3. The Bertz CT molecular complexity index is 1140. The van der Waals surface area contributed by atoms with Crippen molar-refractivity contribution >= 4 is 17.9 Å². The smallest absolute Gasteiger partial charge is 0.363 e. The van der Waals surface area contributed by atoms with Crippen molar-refractivity contribution in [1.29, 1.82) is 0 Å². The van der Waals surface area contributed by atoms with Crippen molar-refractivity contribution in [1.82, 2.24) is 0 Å². The molecule has 0 aliphatic carbocycles. The predicted molar refractivity (Wildman–Crippen MR) is 123 cm³/mol. The van der Waals surface area contributed by atoms with Crippen LogP contribution < -0.4 is 4.74 Å². The number of aryl methyl sites for hydroxylation is 1. The predicted octanol–water partition coefficient (Wildman–Crippen LogP) is 6.04. The van der Waals surface area contributed by atoms with Gasteiger partial charge in [0.2, 0.25) is 5.90 Å². The lowest BCUT2D eigenvalue weighted by Crippen LogP contribution is -2.05. The Labute approximate surface area is 182 Å². The fourth-order valence-corrected chi connectivity index (χ4v) is 3.25. The van der Waals surface area contributed by atoms with Gasteiger partial charge in [-0.15, -0.1) is 0 Å². The van der Waals surface area contributed by atoms with Crippen molar-refractivity contribution < 1.29 is 14.3 Å². The minimum Gasteiger partial charge on any atom is -0.489 e. The molecule has 0 atom stereocenters. The summed E-state index contributed by atoms with van der Waals surface area (Å²) in [5, 5.41) is 0. The van der Waals surface area contributed by atoms with Crippen molar-refractivity contribution in [3.05, 3.63) is 106 Å². The van der Waals surface area contributed by atoms with E-state index in [0.29, 0.717) is 18.4 Å². The Morgan fingerprint density at radius 2 is 1.74 bits per heavy atom. The first-order valence-corrected chi connectivity index (χ1v) is 10.4. The molecular weight excluding hydrogens is 386 g/mol. The number of rotatable bonds is 6. The van der Waals surface area contributed by atoms with E-state index >= 15 is 0 Å². The average molecular weight is 412 g/mol. The molecule has 0 bridgehead atoms. The SMILES string of the molecule is Cc1ccc(COc2cccc(/C=C3\N=C(c4ccc(C(C)C)cc4)OC3=O)c2)cc1. The van der Waals surface area contributed by atoms with Crippen molar-refractivity contribution in [2.75, 3.05) is 0 Å². The van der Waals surface area contributed by atoms with E-state index in [1.807, 2.05) is 48.5 Å². The van der Waals surface area contributed by atoms with Crippen LogP contribution in [0.5, 0.6) is 5.75 Å². The van der Waals surface area contributed by atoms with Gasteiger partial charge in [-0.2, -0.15) is 0 Å². The van der Waals surface area contributed by atoms with Gasteiger partial charge in [0.05, 0.1) is 0 Å². The Kier molecular flexibility index (Phi) is 5.99. The minimum atomic E-state index is -0.450. The van der Waals surface area contributed by atoms with Crippen molar-refractivity contribution in [2.45, 2.75) is 33.3 Å². The van der Waals surface area contributed by atoms with E-state index in [1.165, 1.54) is 11.1 Å². The van der Waals surface area contributed by atoms with Gasteiger partial charge in [-0.3, -0.25) is 0 Å². The summed E-state index contributed by atoms with van der Waals surface area (Å²) >= 11 is 0. The highest BCUT2D eigenvalue weighted by atomic mass is 16.6. The number of hydrogen-bond acceptors (Lipinski definition) is 4. The van der Waals surface area contributed by atoms with Crippen LogP contribution in [0.4, 0.5) is 0 Å². The molecule has 0 unspecified atom stereocenters. The van der Waals surface area contributed by atoms with Crippen LogP contribution in [-0.4, -0.2) is 11.9 Å². The average Bonchev–Trinajstić information content (AvgIpc) is 3.14. The summed E-state index contributed by atoms with van der Waals surface area (Å²) in [4.78, 5) is 16.7. The van der Waals surface area contributed by atoms with Gasteiger partial charge < -0.3 is 9.47 Å². The molecule has 0 saturated carbocycles. The highest BCUT2D eigenvalue weighted by Gasteiger charge is 2.24. The maximum Gasteiger partial charge on any atom is 0.363 e. The monoisotopic (exact) mass is 411 g/mol. The van der Waals surface area contributed by atoms with Crippen LogP contribution in [0.3, 0.4) is 0 Å². The third-order valence-corrected chi connectivity index (χ3v) is 5.13. The van der Waals surface area contributed by atoms with Crippen LogP contribution in [0.25, 0.3) is 6.08 Å². The molecule has 1 heterocycles. The van der Waals surface area contributed by atoms with Gasteiger partial charge in [0, 0.05) is 5.56 Å². The zero-order chi connectivity index (χ0) is 21.8. The summed E-state index contributed by atoms with van der Waals surface area (Å²) in [7, 11) is 0. The fourth-order valence-electron chi connectivity index (χ4n) is 3.25. The number of aliphatic imine (C=N–C) groups is 1. The highest BCUT2D eigenvalue weighted by molar-refractivity contribution is 6.12. The van der Waals surface area contributed by atoms with Crippen LogP contribution >= 0.6 is 0 Å². The molecule has 156 valence electrons. The molecule has 0 fully saturated rings. The molecule has 0 amide bonds. The van der Waals surface area contributed by atoms with Gasteiger partial charge in [0.25, 0.3) is 0 Å². The van der Waals surface area contributed by atoms with Gasteiger partial charge in [-0.25, -0.2) is 9.79 Å². The topological polar surface area (TPSA) is 47.9 Å². The molecule has 0 spiro atoms. The molecule has 4 rings (SSSR count). The summed E-state index contributed by atoms with van der Waals surface area (Å²) in [6, 6.07) is 23.8. The number of esters is 1. The molecule has 3 aromatic rings. The third-order valence-electron chi connectivity index (χ3n) is 5.13. The first-order valence-electron chi connectivity index (χ1n) is 10.4. The van der Waals surface area contributed by atoms with Crippen LogP contribution in [0.15, 0.2) is 83.5 Å². The van der Waals surface area contributed by atoms with E-state index in [2.05, 4.69) is 50.0 Å². The van der Waals surface area contributed by atoms with E-state index < -0.39 is 5.97 Å². The number of ether oxygens (including phenoxy) is 2. The molecule has 1 aliphatic rings. The Hall–Kier alpha value is -3.66. The number of benzene rings is 3. The maximum atomic E-state index is 12.3. The number of carbonyl (C=O) groups excluding carboxylic acids is 1. The van der Waals surface area contributed by atoms with Gasteiger partial charge in [0.15, 0.2) is 5.70 Å². The van der Waals surface area contributed by atoms with E-state index in [9.17, 15) is 4.79 Å². The summed E-state index contributed by atoms with van der Waals surface area (Å²) in [5.41, 5.74) is 5.44. The number of nitrogens with zero attached hydrogens (tertiary/aromatic N) is 1. The van der Waals surface area contributed by atoms with Gasteiger partial charge in [-0.1, -0.05) is 67.9 Å². The lowest BCUT2D eigenvalue weighted by molar-refractivity contribution is -0.129. The zero-order valence-electron chi connectivity index (χ0n) is 18.0. The molecule has 31 heavy (non-hydrogen) atoms. The summed E-state index contributed by atoms with van der Waals surface area (Å²) in [6.07, 6.45) is 1.72. The molecule has 4 heteroatoms. The van der Waals surface area contributed by atoms with Crippen molar-refractivity contribution in [3.63, 3.8) is 0 Å². The molecule has 3 aromatic carbocycles. The van der Waals surface area contributed by atoms with E-state index in [1.54, 1.807) is 6.08 Å². The largest absolute Gasteiger partial charge is 0.489 e. The van der Waals surface area contributed by atoms with Crippen LogP contribution in [0.1, 0.15) is 47.6 Å². The molecular formula is C27H25NO3. The van der Waals surface area contributed by atoms with Crippen LogP contribution in [-0.2, 0) is 16.1 Å². The van der Waals surface area contributed by atoms with Gasteiger partial charge in [0.1, 0.15) is 12.4 Å². The maximum absolute atomic E-state index is 12.3. The van der Waals surface area contributed by atoms with Crippen LogP contribution in [0, 0.1) is 6.92 Å². The highest BCUT2D eigenvalue weighted by Crippen LogP contribution is 2.23. The van der Waals surface area contributed by atoms with Crippen molar-refractivity contribution in [2.24, 2.45) is 4.99 Å². The third kappa shape index (κ3) is 5.10. The molecule has 0 aromatic heterocycles. The zero-order valence-corrected chi connectivity index (χ0v) is 18.0. The lowest BCUT2D eigenvalue weighted by atomic mass is 10.0. The second kappa shape index (κ2) is 9.00. The molecule has 0 saturated heterocycles. The number of hydrogen-bond donors (Lipinski definition) is 0. The first-order chi connectivity index (χ1) is 15.0. The standard InChI is InChI=1S/C27H25NO3/c1-18(2)22-11-13-23(14-12-22)26-28-25(27(29)31-26)16-21-5-4-6-24(15-21)30-17-20-9-7-19(3)8-10-20/h4-16,18H,17H2,1-3H3/b25-16-.